The fourth-order valence-corrected chi connectivity index (χ4v) is 0.533. The van der Waals surface area contributed by atoms with Crippen LogP contribution in [0.5, 0.6) is 0 Å². The van der Waals surface area contributed by atoms with E-state index in [2.05, 4.69) is 6.92 Å². The second-order valence-corrected chi connectivity index (χ2v) is 1.77. The molecule has 0 aromatic rings. The van der Waals surface area contributed by atoms with Crippen LogP contribution in [0, 0.1) is 0 Å². The van der Waals surface area contributed by atoms with Crippen LogP contribution in [-0.2, 0) is 0 Å². The number of rotatable bonds is 3. The van der Waals surface area contributed by atoms with E-state index >= 15 is 0 Å². The van der Waals surface area contributed by atoms with Gasteiger partial charge in [0.05, 0.1) is 0 Å². The molecule has 0 aromatic heterocycles. The number of unbranched alkanes of at least 4 members (excludes halogenated alkanes) is 2. The molecule has 0 aliphatic carbocycles. The van der Waals surface area contributed by atoms with Crippen molar-refractivity contribution in [2.75, 3.05) is 13.0 Å². The minimum atomic E-state index is 0.827. The molecular weight excluding hydrogens is 124 g/mol. The number of halogens is 1. The summed E-state index contributed by atoms with van der Waals surface area (Å²) in [4.78, 5) is 0. The monoisotopic (exact) mass is 138 g/mol. The van der Waals surface area contributed by atoms with Crippen molar-refractivity contribution in [1.82, 2.24) is 0 Å². The van der Waals surface area contributed by atoms with E-state index in [4.69, 9.17) is 16.7 Å². The Bertz CT molecular complexity index is 20.5. The predicted octanol–water partition coefficient (Wildman–Crippen LogP) is 2.02. The van der Waals surface area contributed by atoms with Gasteiger partial charge in [0.15, 0.2) is 0 Å². The smallest absolute Gasteiger partial charge is 0.0319 e. The third-order valence-corrected chi connectivity index (χ3v) is 1.00. The molecule has 0 fully saturated rings. The quantitative estimate of drug-likeness (QED) is 0.468. The average molecular weight is 139 g/mol. The van der Waals surface area contributed by atoms with Gasteiger partial charge in [0.1, 0.15) is 0 Å². The highest BCUT2D eigenvalue weighted by molar-refractivity contribution is 6.17. The molecule has 0 saturated heterocycles. The van der Waals surface area contributed by atoms with Gasteiger partial charge in [0.2, 0.25) is 0 Å². The van der Waals surface area contributed by atoms with E-state index in [9.17, 15) is 0 Å². The molecule has 0 atom stereocenters. The fourth-order valence-electron chi connectivity index (χ4n) is 0.344. The lowest BCUT2D eigenvalue weighted by Crippen LogP contribution is -1.70. The number of hydrogen-bond donors (Lipinski definition) is 1. The van der Waals surface area contributed by atoms with Crippen molar-refractivity contribution in [3.05, 3.63) is 0 Å². The lowest BCUT2D eigenvalue weighted by atomic mass is 10.3. The summed E-state index contributed by atoms with van der Waals surface area (Å²) < 4.78 is 0. The zero-order chi connectivity index (χ0) is 6.83. The maximum absolute atomic E-state index is 7.00. The normalized spacial score (nSPS) is 7.50. The van der Waals surface area contributed by atoms with Crippen LogP contribution >= 0.6 is 11.6 Å². The molecular formula is C6H15ClO. The zero-order valence-corrected chi connectivity index (χ0v) is 6.41. The van der Waals surface area contributed by atoms with E-state index in [0.29, 0.717) is 0 Å². The van der Waals surface area contributed by atoms with E-state index in [0.717, 1.165) is 13.0 Å². The van der Waals surface area contributed by atoms with Crippen LogP contribution in [0.25, 0.3) is 0 Å². The van der Waals surface area contributed by atoms with E-state index < -0.39 is 0 Å². The Morgan fingerprint density at radius 3 is 1.88 bits per heavy atom. The summed E-state index contributed by atoms with van der Waals surface area (Å²) in [5, 5.41) is 7.00. The first-order chi connectivity index (χ1) is 3.91. The van der Waals surface area contributed by atoms with Crippen LogP contribution in [0.4, 0.5) is 0 Å². The van der Waals surface area contributed by atoms with Gasteiger partial charge in [-0.1, -0.05) is 19.8 Å². The van der Waals surface area contributed by atoms with Crippen LogP contribution in [0.2, 0.25) is 0 Å². The highest BCUT2D eigenvalue weighted by Gasteiger charge is 1.76. The summed E-state index contributed by atoms with van der Waals surface area (Å²) in [5.41, 5.74) is 0. The summed E-state index contributed by atoms with van der Waals surface area (Å²) in [6, 6.07) is 0. The molecule has 0 bridgehead atoms. The van der Waals surface area contributed by atoms with E-state index in [1.54, 1.807) is 0 Å². The van der Waals surface area contributed by atoms with Gasteiger partial charge in [-0.05, 0) is 6.42 Å². The molecule has 0 aliphatic heterocycles. The van der Waals surface area contributed by atoms with Gasteiger partial charge < -0.3 is 5.11 Å². The average Bonchev–Trinajstić information content (AvgIpc) is 1.88. The molecule has 52 valence electrons. The lowest BCUT2D eigenvalue weighted by molar-refractivity contribution is 0.399. The number of aliphatic hydroxyl groups excluding tert-OH is 1. The molecule has 0 amide bonds. The van der Waals surface area contributed by atoms with Crippen molar-refractivity contribution < 1.29 is 5.11 Å². The molecule has 0 heterocycles. The molecule has 2 heteroatoms. The first-order valence-corrected chi connectivity index (χ1v) is 3.46. The Labute approximate surface area is 56.7 Å². The number of aliphatic hydroxyl groups is 1. The van der Waals surface area contributed by atoms with Crippen molar-refractivity contribution in [2.45, 2.75) is 26.2 Å². The molecule has 0 rings (SSSR count). The van der Waals surface area contributed by atoms with Gasteiger partial charge in [-0.2, -0.15) is 0 Å². The van der Waals surface area contributed by atoms with Crippen molar-refractivity contribution in [2.24, 2.45) is 0 Å². The summed E-state index contributed by atoms with van der Waals surface area (Å²) in [6.45, 7) is 2.17. The van der Waals surface area contributed by atoms with E-state index in [-0.39, 0.29) is 0 Å². The number of alkyl halides is 1. The maximum atomic E-state index is 7.00. The largest absolute Gasteiger partial charge is 0.400 e. The van der Waals surface area contributed by atoms with Gasteiger partial charge in [0.25, 0.3) is 0 Å². The second kappa shape index (κ2) is 15.7. The van der Waals surface area contributed by atoms with Crippen LogP contribution in [0.15, 0.2) is 0 Å². The Morgan fingerprint density at radius 2 is 1.75 bits per heavy atom. The van der Waals surface area contributed by atoms with Crippen LogP contribution < -0.4 is 0 Å². The minimum Gasteiger partial charge on any atom is -0.400 e. The summed E-state index contributed by atoms with van der Waals surface area (Å²) in [7, 11) is 1.00. The molecule has 1 nitrogen and oxygen atoms in total. The minimum absolute atomic E-state index is 0.827. The van der Waals surface area contributed by atoms with Crippen LogP contribution in [0.1, 0.15) is 26.2 Å². The molecule has 8 heavy (non-hydrogen) atoms. The first kappa shape index (κ1) is 11.1. The summed E-state index contributed by atoms with van der Waals surface area (Å²) in [6.07, 6.45) is 3.73. The van der Waals surface area contributed by atoms with Gasteiger partial charge in [-0.25, -0.2) is 0 Å². The molecule has 0 unspecified atom stereocenters. The van der Waals surface area contributed by atoms with E-state index in [1.807, 2.05) is 0 Å². The molecule has 0 saturated carbocycles. The standard InChI is InChI=1S/C5H11Cl.CH4O/c1-2-3-4-5-6;1-2/h2-5H2,1H3;2H,1H3. The Morgan fingerprint density at radius 1 is 1.25 bits per heavy atom. The maximum Gasteiger partial charge on any atom is 0.0319 e. The molecule has 0 aromatic carbocycles. The molecule has 1 N–H and O–H groups in total. The zero-order valence-electron chi connectivity index (χ0n) is 5.65. The SMILES string of the molecule is CCCCCCl.CO. The molecule has 0 spiro atoms. The fraction of sp³-hybridized carbons (Fsp3) is 1.00. The highest BCUT2D eigenvalue weighted by Crippen LogP contribution is 1.93. The van der Waals surface area contributed by atoms with Gasteiger partial charge in [0, 0.05) is 13.0 Å². The highest BCUT2D eigenvalue weighted by atomic mass is 35.5. The van der Waals surface area contributed by atoms with Crippen molar-refractivity contribution >= 4 is 11.6 Å². The molecule has 0 aliphatic rings. The van der Waals surface area contributed by atoms with Gasteiger partial charge in [-0.15, -0.1) is 11.6 Å². The summed E-state index contributed by atoms with van der Waals surface area (Å²) in [5.74, 6) is 0.827. The predicted molar refractivity (Wildman–Crippen MR) is 38.4 cm³/mol. The Hall–Kier alpha value is 0.250. The van der Waals surface area contributed by atoms with Gasteiger partial charge >= 0.3 is 0 Å². The van der Waals surface area contributed by atoms with Gasteiger partial charge in [-0.3, -0.25) is 0 Å². The van der Waals surface area contributed by atoms with Crippen molar-refractivity contribution in [1.29, 1.82) is 0 Å². The van der Waals surface area contributed by atoms with Crippen molar-refractivity contribution in [3.63, 3.8) is 0 Å². The Kier molecular flexibility index (Phi) is 21.8. The Balaban J connectivity index is 0. The number of hydrogen-bond acceptors (Lipinski definition) is 1. The lowest BCUT2D eigenvalue weighted by Gasteiger charge is -1.84. The van der Waals surface area contributed by atoms with Crippen LogP contribution in [-0.4, -0.2) is 18.1 Å². The van der Waals surface area contributed by atoms with Crippen LogP contribution in [0.3, 0.4) is 0 Å². The molecule has 0 radical (unpaired) electrons. The third-order valence-electron chi connectivity index (χ3n) is 0.737. The van der Waals surface area contributed by atoms with Crippen molar-refractivity contribution in [3.8, 4) is 0 Å². The van der Waals surface area contributed by atoms with E-state index in [1.165, 1.54) is 19.3 Å². The second-order valence-electron chi connectivity index (χ2n) is 1.40. The third kappa shape index (κ3) is 16.3. The first-order valence-electron chi connectivity index (χ1n) is 2.92. The topological polar surface area (TPSA) is 20.2 Å². The summed E-state index contributed by atoms with van der Waals surface area (Å²) >= 11 is 5.38.